The van der Waals surface area contributed by atoms with E-state index >= 15 is 0 Å². The van der Waals surface area contributed by atoms with Crippen molar-refractivity contribution < 1.29 is 0 Å². The van der Waals surface area contributed by atoms with Crippen molar-refractivity contribution in [2.24, 2.45) is 0 Å². The number of benzene rings is 1. The number of rotatable bonds is 6. The van der Waals surface area contributed by atoms with E-state index in [9.17, 15) is 0 Å². The first-order valence-corrected chi connectivity index (χ1v) is 9.44. The Morgan fingerprint density at radius 1 is 1.24 bits per heavy atom. The molecule has 0 bridgehead atoms. The van der Waals surface area contributed by atoms with Crippen molar-refractivity contribution in [2.45, 2.75) is 58.7 Å². The summed E-state index contributed by atoms with van der Waals surface area (Å²) in [6.07, 6.45) is 5.76. The molecule has 4 rings (SSSR count). The van der Waals surface area contributed by atoms with Crippen LogP contribution in [0.1, 0.15) is 49.4 Å². The fourth-order valence-electron chi connectivity index (χ4n) is 3.99. The Balaban J connectivity index is 1.47. The summed E-state index contributed by atoms with van der Waals surface area (Å²) in [6.45, 7) is 8.21. The summed E-state index contributed by atoms with van der Waals surface area (Å²) in [6, 6.07) is 8.43. The Kier molecular flexibility index (Phi) is 4.57. The predicted molar refractivity (Wildman–Crippen MR) is 101 cm³/mol. The van der Waals surface area contributed by atoms with E-state index in [1.165, 1.54) is 24.2 Å². The van der Waals surface area contributed by atoms with Crippen molar-refractivity contribution in [3.8, 4) is 0 Å². The number of aryl methyl sites for hydroxylation is 3. The lowest BCUT2D eigenvalue weighted by Crippen LogP contribution is -2.27. The minimum absolute atomic E-state index is 0.506. The van der Waals surface area contributed by atoms with Gasteiger partial charge < -0.3 is 14.5 Å². The van der Waals surface area contributed by atoms with E-state index in [0.29, 0.717) is 5.92 Å². The molecule has 1 aliphatic heterocycles. The van der Waals surface area contributed by atoms with Crippen molar-refractivity contribution in [2.75, 3.05) is 6.54 Å². The molecule has 1 atom stereocenters. The molecule has 0 unspecified atom stereocenters. The van der Waals surface area contributed by atoms with E-state index in [-0.39, 0.29) is 0 Å². The number of para-hydroxylation sites is 2. The van der Waals surface area contributed by atoms with Gasteiger partial charge in [-0.1, -0.05) is 19.1 Å². The van der Waals surface area contributed by atoms with E-state index in [0.717, 1.165) is 49.6 Å². The van der Waals surface area contributed by atoms with Crippen LogP contribution in [0.5, 0.6) is 0 Å². The van der Waals surface area contributed by atoms with E-state index in [1.54, 1.807) is 0 Å². The monoisotopic (exact) mass is 337 g/mol. The third-order valence-corrected chi connectivity index (χ3v) is 5.10. The number of fused-ring (bicyclic) bond motifs is 2. The smallest absolute Gasteiger partial charge is 0.123 e. The zero-order valence-corrected chi connectivity index (χ0v) is 15.2. The Morgan fingerprint density at radius 2 is 2.12 bits per heavy atom. The number of hydrogen-bond acceptors (Lipinski definition) is 3. The lowest BCUT2D eigenvalue weighted by Gasteiger charge is -2.23. The first-order chi connectivity index (χ1) is 12.3. The summed E-state index contributed by atoms with van der Waals surface area (Å²) in [7, 11) is 0. The third-order valence-electron chi connectivity index (χ3n) is 5.10. The van der Waals surface area contributed by atoms with E-state index in [4.69, 9.17) is 9.97 Å². The van der Waals surface area contributed by atoms with Crippen LogP contribution in [0.2, 0.25) is 0 Å². The fraction of sp³-hybridized carbons (Fsp3) is 0.500. The first-order valence-electron chi connectivity index (χ1n) is 9.44. The van der Waals surface area contributed by atoms with Crippen LogP contribution < -0.4 is 5.32 Å². The molecule has 132 valence electrons. The normalized spacial score (nSPS) is 17.1. The molecule has 1 aliphatic rings. The average Bonchev–Trinajstić information content (AvgIpc) is 3.16. The second-order valence-corrected chi connectivity index (χ2v) is 7.07. The summed E-state index contributed by atoms with van der Waals surface area (Å²) in [5.74, 6) is 2.89. The minimum atomic E-state index is 0.506. The van der Waals surface area contributed by atoms with Crippen molar-refractivity contribution in [1.29, 1.82) is 0 Å². The number of nitrogens with zero attached hydrogens (tertiary/aromatic N) is 4. The molecule has 2 aromatic heterocycles. The number of hydrogen-bond donors (Lipinski definition) is 1. The van der Waals surface area contributed by atoms with Crippen molar-refractivity contribution in [3.63, 3.8) is 0 Å². The van der Waals surface area contributed by atoms with Crippen LogP contribution in [0.4, 0.5) is 0 Å². The Morgan fingerprint density at radius 3 is 3.00 bits per heavy atom. The van der Waals surface area contributed by atoms with Gasteiger partial charge in [-0.3, -0.25) is 0 Å². The molecular formula is C20H27N5. The summed E-state index contributed by atoms with van der Waals surface area (Å²) in [5.41, 5.74) is 3.47. The van der Waals surface area contributed by atoms with Crippen molar-refractivity contribution >= 4 is 11.0 Å². The Hall–Kier alpha value is -2.14. The van der Waals surface area contributed by atoms with Crippen LogP contribution in [0.3, 0.4) is 0 Å². The van der Waals surface area contributed by atoms with Crippen LogP contribution in [0, 0.1) is 6.92 Å². The summed E-state index contributed by atoms with van der Waals surface area (Å²) in [4.78, 5) is 9.58. The largest absolute Gasteiger partial charge is 0.334 e. The van der Waals surface area contributed by atoms with Crippen LogP contribution in [0.25, 0.3) is 11.0 Å². The molecule has 5 heteroatoms. The summed E-state index contributed by atoms with van der Waals surface area (Å²) in [5, 5.41) is 3.64. The molecule has 5 nitrogen and oxygen atoms in total. The van der Waals surface area contributed by atoms with E-state index in [2.05, 4.69) is 58.8 Å². The molecule has 0 aliphatic carbocycles. The second-order valence-electron chi connectivity index (χ2n) is 7.07. The Bertz CT molecular complexity index is 860. The zero-order chi connectivity index (χ0) is 17.2. The van der Waals surface area contributed by atoms with Crippen molar-refractivity contribution in [1.82, 2.24) is 24.4 Å². The molecule has 3 heterocycles. The predicted octanol–water partition coefficient (Wildman–Crippen LogP) is 3.62. The first kappa shape index (κ1) is 16.3. The van der Waals surface area contributed by atoms with Gasteiger partial charge in [0.25, 0.3) is 0 Å². The highest BCUT2D eigenvalue weighted by molar-refractivity contribution is 5.75. The number of nitrogens with one attached hydrogen (secondary N) is 1. The highest BCUT2D eigenvalue weighted by Gasteiger charge is 2.22. The van der Waals surface area contributed by atoms with Crippen LogP contribution in [0.15, 0.2) is 30.5 Å². The maximum Gasteiger partial charge on any atom is 0.123 e. The number of imidazole rings is 2. The van der Waals surface area contributed by atoms with Gasteiger partial charge in [-0.15, -0.1) is 0 Å². The molecule has 25 heavy (non-hydrogen) atoms. The highest BCUT2D eigenvalue weighted by atomic mass is 15.1. The highest BCUT2D eigenvalue weighted by Crippen LogP contribution is 2.26. The molecule has 0 spiro atoms. The summed E-state index contributed by atoms with van der Waals surface area (Å²) >= 11 is 0. The molecule has 0 amide bonds. The molecule has 1 N–H and O–H groups in total. The van der Waals surface area contributed by atoms with Crippen LogP contribution in [-0.4, -0.2) is 25.6 Å². The molecular weight excluding hydrogens is 310 g/mol. The van der Waals surface area contributed by atoms with Crippen LogP contribution >= 0.6 is 0 Å². The van der Waals surface area contributed by atoms with Gasteiger partial charge in [-0.05, 0) is 38.3 Å². The maximum absolute atomic E-state index is 4.84. The quantitative estimate of drug-likeness (QED) is 0.747. The van der Waals surface area contributed by atoms with Gasteiger partial charge >= 0.3 is 0 Å². The molecule has 1 aromatic carbocycles. The standard InChI is InChI=1S/C20H27N5/c1-3-10-25-18-9-5-4-8-17(18)23-19(25)13-21-12-16-7-6-11-24-14-15(2)22-20(16)24/h4-5,8-9,14,16,21H,3,6-7,10-13H2,1-2H3/t16-/m1/s1. The SMILES string of the molecule is CCCn1c(CNC[C@H]2CCCn3cc(C)nc32)nc2ccccc21. The van der Waals surface area contributed by atoms with Gasteiger partial charge in [0.15, 0.2) is 0 Å². The van der Waals surface area contributed by atoms with Crippen molar-refractivity contribution in [3.05, 3.63) is 47.8 Å². The number of aromatic nitrogens is 4. The minimum Gasteiger partial charge on any atom is -0.334 e. The van der Waals surface area contributed by atoms with Gasteiger partial charge in [-0.2, -0.15) is 0 Å². The van der Waals surface area contributed by atoms with Gasteiger partial charge in [0.1, 0.15) is 11.6 Å². The molecule has 0 radical (unpaired) electrons. The molecule has 0 saturated carbocycles. The topological polar surface area (TPSA) is 47.7 Å². The van der Waals surface area contributed by atoms with Crippen LogP contribution in [-0.2, 0) is 19.6 Å². The van der Waals surface area contributed by atoms with Gasteiger partial charge in [-0.25, -0.2) is 9.97 Å². The lowest BCUT2D eigenvalue weighted by molar-refractivity contribution is 0.419. The molecule has 0 saturated heterocycles. The van der Waals surface area contributed by atoms with Gasteiger partial charge in [0.05, 0.1) is 23.3 Å². The average molecular weight is 337 g/mol. The van der Waals surface area contributed by atoms with E-state index < -0.39 is 0 Å². The maximum atomic E-state index is 4.84. The summed E-state index contributed by atoms with van der Waals surface area (Å²) < 4.78 is 4.69. The van der Waals surface area contributed by atoms with E-state index in [1.807, 2.05) is 0 Å². The second kappa shape index (κ2) is 7.00. The molecule has 0 fully saturated rings. The molecule has 3 aromatic rings. The Labute approximate surface area is 149 Å². The lowest BCUT2D eigenvalue weighted by atomic mass is 9.99. The fourth-order valence-corrected chi connectivity index (χ4v) is 3.99. The van der Waals surface area contributed by atoms with Gasteiger partial charge in [0.2, 0.25) is 0 Å². The van der Waals surface area contributed by atoms with Gasteiger partial charge in [0, 0.05) is 31.7 Å². The third kappa shape index (κ3) is 3.21. The zero-order valence-electron chi connectivity index (χ0n) is 15.2.